The molecule has 1 heterocycles. The van der Waals surface area contributed by atoms with Crippen LogP contribution in [0.5, 0.6) is 0 Å². The van der Waals surface area contributed by atoms with Gasteiger partial charge in [-0.1, -0.05) is 12.1 Å². The van der Waals surface area contributed by atoms with Crippen LogP contribution >= 0.6 is 0 Å². The Hall–Kier alpha value is -1.83. The van der Waals surface area contributed by atoms with E-state index in [0.717, 1.165) is 19.6 Å². The van der Waals surface area contributed by atoms with Gasteiger partial charge in [0.05, 0.1) is 6.54 Å². The molecule has 100 valence electrons. The van der Waals surface area contributed by atoms with E-state index in [1.54, 1.807) is 0 Å². The predicted octanol–water partition coefficient (Wildman–Crippen LogP) is 3.12. The Bertz CT molecular complexity index is 517. The van der Waals surface area contributed by atoms with Crippen LogP contribution in [-0.2, 0) is 6.54 Å². The van der Waals surface area contributed by atoms with Crippen LogP contribution in [0.2, 0.25) is 0 Å². The lowest BCUT2D eigenvalue weighted by molar-refractivity contribution is -0.694. The second-order valence-corrected chi connectivity index (χ2v) is 5.03. The largest absolute Gasteiger partial charge is 0.365 e. The summed E-state index contributed by atoms with van der Waals surface area (Å²) in [5.74, 6) is 0. The Kier molecular flexibility index (Phi) is 4.56. The topological polar surface area (TPSA) is 7.12 Å². The molecular weight excluding hydrogens is 232 g/mol. The molecule has 0 bridgehead atoms. The fourth-order valence-corrected chi connectivity index (χ4v) is 2.21. The molecule has 0 aliphatic carbocycles. The molecular formula is C17H23N2+. The maximum Gasteiger partial charge on any atom is 0.169 e. The Morgan fingerprint density at radius 3 is 2.37 bits per heavy atom. The third kappa shape index (κ3) is 3.82. The third-order valence-electron chi connectivity index (χ3n) is 3.43. The zero-order valence-corrected chi connectivity index (χ0v) is 12.1. The first-order valence-electron chi connectivity index (χ1n) is 6.96. The summed E-state index contributed by atoms with van der Waals surface area (Å²) in [5, 5.41) is 0. The van der Waals surface area contributed by atoms with E-state index in [1.165, 1.54) is 16.8 Å². The normalized spacial score (nSPS) is 10.5. The van der Waals surface area contributed by atoms with Gasteiger partial charge in [-0.3, -0.25) is 0 Å². The number of anilines is 1. The fourth-order valence-electron chi connectivity index (χ4n) is 2.21. The van der Waals surface area contributed by atoms with Crippen LogP contribution in [0.1, 0.15) is 18.1 Å². The maximum absolute atomic E-state index is 2.42. The Balaban J connectivity index is 2.01. The number of hydrogen-bond acceptors (Lipinski definition) is 1. The molecule has 19 heavy (non-hydrogen) atoms. The molecule has 0 radical (unpaired) electrons. The first-order chi connectivity index (χ1) is 9.19. The van der Waals surface area contributed by atoms with Crippen molar-refractivity contribution in [3.63, 3.8) is 0 Å². The SMILES string of the molecule is CCN(CC[n+]1ccc(C)cc1)c1cccc(C)c1. The van der Waals surface area contributed by atoms with Gasteiger partial charge >= 0.3 is 0 Å². The van der Waals surface area contributed by atoms with E-state index in [9.17, 15) is 0 Å². The number of rotatable bonds is 5. The summed E-state index contributed by atoms with van der Waals surface area (Å²) in [6.45, 7) is 9.56. The molecule has 0 fully saturated rings. The zero-order chi connectivity index (χ0) is 13.7. The first kappa shape index (κ1) is 13.6. The highest BCUT2D eigenvalue weighted by molar-refractivity contribution is 5.48. The molecule has 0 amide bonds. The van der Waals surface area contributed by atoms with Gasteiger partial charge < -0.3 is 4.90 Å². The molecule has 0 unspecified atom stereocenters. The smallest absolute Gasteiger partial charge is 0.169 e. The number of pyridine rings is 1. The molecule has 0 saturated heterocycles. The standard InChI is InChI=1S/C17H23N2/c1-4-19(17-7-5-6-16(3)14-17)13-12-18-10-8-15(2)9-11-18/h5-11,14H,4,12-13H2,1-3H3/q+1. The number of benzene rings is 1. The highest BCUT2D eigenvalue weighted by Crippen LogP contribution is 2.15. The first-order valence-corrected chi connectivity index (χ1v) is 6.96. The molecule has 0 aliphatic heterocycles. The molecule has 1 aromatic heterocycles. The van der Waals surface area contributed by atoms with Gasteiger partial charge in [0.2, 0.25) is 0 Å². The van der Waals surface area contributed by atoms with Crippen molar-refractivity contribution in [2.24, 2.45) is 0 Å². The molecule has 2 heteroatoms. The van der Waals surface area contributed by atoms with Crippen molar-refractivity contribution in [3.8, 4) is 0 Å². The number of hydrogen-bond donors (Lipinski definition) is 0. The van der Waals surface area contributed by atoms with Gasteiger partial charge in [-0.2, -0.15) is 0 Å². The minimum atomic E-state index is 1.02. The molecule has 1 aromatic carbocycles. The molecule has 0 N–H and O–H groups in total. The van der Waals surface area contributed by atoms with Crippen molar-refractivity contribution < 1.29 is 4.57 Å². The number of likely N-dealkylation sites (N-methyl/N-ethyl adjacent to an activating group) is 1. The Morgan fingerprint density at radius 1 is 1.00 bits per heavy atom. The quantitative estimate of drug-likeness (QED) is 0.745. The number of aryl methyl sites for hydroxylation is 2. The second-order valence-electron chi connectivity index (χ2n) is 5.03. The van der Waals surface area contributed by atoms with E-state index >= 15 is 0 Å². The second kappa shape index (κ2) is 6.37. The minimum Gasteiger partial charge on any atom is -0.365 e. The highest BCUT2D eigenvalue weighted by atomic mass is 15.1. The summed E-state index contributed by atoms with van der Waals surface area (Å²) < 4.78 is 2.24. The summed E-state index contributed by atoms with van der Waals surface area (Å²) in [4.78, 5) is 2.42. The monoisotopic (exact) mass is 255 g/mol. The van der Waals surface area contributed by atoms with E-state index in [2.05, 4.69) is 79.0 Å². The van der Waals surface area contributed by atoms with Crippen molar-refractivity contribution in [3.05, 3.63) is 59.9 Å². The van der Waals surface area contributed by atoms with Crippen LogP contribution in [-0.4, -0.2) is 13.1 Å². The summed E-state index contributed by atoms with van der Waals surface area (Å²) in [6, 6.07) is 13.0. The van der Waals surface area contributed by atoms with E-state index in [-0.39, 0.29) is 0 Å². The molecule has 0 spiro atoms. The molecule has 0 atom stereocenters. The summed E-state index contributed by atoms with van der Waals surface area (Å²) >= 11 is 0. The number of nitrogens with zero attached hydrogens (tertiary/aromatic N) is 2. The van der Waals surface area contributed by atoms with Crippen LogP contribution in [0.25, 0.3) is 0 Å². The van der Waals surface area contributed by atoms with Crippen LogP contribution in [0.15, 0.2) is 48.8 Å². The molecule has 2 aromatic rings. The molecule has 2 nitrogen and oxygen atoms in total. The lowest BCUT2D eigenvalue weighted by Crippen LogP contribution is -2.40. The summed E-state index contributed by atoms with van der Waals surface area (Å²) in [5.41, 5.74) is 3.94. The molecule has 0 aliphatic rings. The van der Waals surface area contributed by atoms with E-state index in [4.69, 9.17) is 0 Å². The maximum atomic E-state index is 2.42. The highest BCUT2D eigenvalue weighted by Gasteiger charge is 2.07. The van der Waals surface area contributed by atoms with Gasteiger partial charge in [0.1, 0.15) is 0 Å². The van der Waals surface area contributed by atoms with E-state index in [1.807, 2.05) is 0 Å². The van der Waals surface area contributed by atoms with Crippen LogP contribution in [0, 0.1) is 13.8 Å². The van der Waals surface area contributed by atoms with Gasteiger partial charge in [0, 0.05) is 24.4 Å². The average molecular weight is 255 g/mol. The average Bonchev–Trinajstić information content (AvgIpc) is 2.42. The fraction of sp³-hybridized carbons (Fsp3) is 0.353. The van der Waals surface area contributed by atoms with Gasteiger partial charge in [0.25, 0.3) is 0 Å². The van der Waals surface area contributed by atoms with Crippen LogP contribution < -0.4 is 9.47 Å². The van der Waals surface area contributed by atoms with Crippen LogP contribution in [0.3, 0.4) is 0 Å². The Labute approximate surface area is 116 Å². The number of aromatic nitrogens is 1. The van der Waals surface area contributed by atoms with Crippen molar-refractivity contribution in [1.82, 2.24) is 0 Å². The van der Waals surface area contributed by atoms with E-state index < -0.39 is 0 Å². The van der Waals surface area contributed by atoms with Gasteiger partial charge in [-0.25, -0.2) is 4.57 Å². The van der Waals surface area contributed by atoms with Gasteiger partial charge in [0.15, 0.2) is 18.9 Å². The summed E-state index contributed by atoms with van der Waals surface area (Å²) in [6.07, 6.45) is 4.30. The van der Waals surface area contributed by atoms with Gasteiger partial charge in [-0.05, 0) is 44.0 Å². The Morgan fingerprint density at radius 2 is 1.74 bits per heavy atom. The van der Waals surface area contributed by atoms with E-state index in [0.29, 0.717) is 0 Å². The van der Waals surface area contributed by atoms with Crippen molar-refractivity contribution in [2.45, 2.75) is 27.3 Å². The molecule has 0 saturated carbocycles. The third-order valence-corrected chi connectivity index (χ3v) is 3.43. The van der Waals surface area contributed by atoms with Crippen molar-refractivity contribution in [1.29, 1.82) is 0 Å². The summed E-state index contributed by atoms with van der Waals surface area (Å²) in [7, 11) is 0. The lowest BCUT2D eigenvalue weighted by atomic mass is 10.2. The minimum absolute atomic E-state index is 1.02. The predicted molar refractivity (Wildman–Crippen MR) is 80.4 cm³/mol. The molecule has 2 rings (SSSR count). The lowest BCUT2D eigenvalue weighted by Gasteiger charge is -2.22. The zero-order valence-electron chi connectivity index (χ0n) is 12.1. The van der Waals surface area contributed by atoms with Crippen molar-refractivity contribution in [2.75, 3.05) is 18.0 Å². The van der Waals surface area contributed by atoms with Gasteiger partial charge in [-0.15, -0.1) is 0 Å². The van der Waals surface area contributed by atoms with Crippen molar-refractivity contribution >= 4 is 5.69 Å². The van der Waals surface area contributed by atoms with Crippen LogP contribution in [0.4, 0.5) is 5.69 Å².